The summed E-state index contributed by atoms with van der Waals surface area (Å²) in [4.78, 5) is 70.2. The predicted octanol–water partition coefficient (Wildman–Crippen LogP) is 2.73. The highest BCUT2D eigenvalue weighted by molar-refractivity contribution is 7.90. The van der Waals surface area contributed by atoms with Gasteiger partial charge < -0.3 is 26.2 Å². The minimum absolute atomic E-state index is 0.0172. The van der Waals surface area contributed by atoms with Gasteiger partial charge in [0.15, 0.2) is 0 Å². The second-order valence-electron chi connectivity index (χ2n) is 16.4. The number of fused-ring (bicyclic) bond motifs is 3. The van der Waals surface area contributed by atoms with E-state index < -0.39 is 62.6 Å². The number of hydrogen-bond acceptors (Lipinski definition) is 7. The van der Waals surface area contributed by atoms with Crippen LogP contribution in [-0.4, -0.2) is 102 Å². The van der Waals surface area contributed by atoms with E-state index in [2.05, 4.69) is 35.1 Å². The fraction of sp³-hybridized carbons (Fsp3) is 0.861. The fourth-order valence-electron chi connectivity index (χ4n) is 9.59. The highest BCUT2D eigenvalue weighted by Gasteiger charge is 2.69. The number of ketones is 1. The van der Waals surface area contributed by atoms with E-state index in [-0.39, 0.29) is 29.2 Å². The van der Waals surface area contributed by atoms with Gasteiger partial charge in [-0.25, -0.2) is 17.5 Å². The summed E-state index contributed by atoms with van der Waals surface area (Å²) in [5.41, 5.74) is -1.08. The van der Waals surface area contributed by atoms with Gasteiger partial charge in [-0.15, -0.1) is 0 Å². The van der Waals surface area contributed by atoms with Crippen LogP contribution in [0.1, 0.15) is 124 Å². The summed E-state index contributed by atoms with van der Waals surface area (Å²) in [6, 6.07) is -3.22. The molecule has 14 heteroatoms. The van der Waals surface area contributed by atoms with Gasteiger partial charge in [0.1, 0.15) is 12.1 Å². The zero-order valence-corrected chi connectivity index (χ0v) is 31.0. The average molecular weight is 719 g/mol. The lowest BCUT2D eigenvalue weighted by atomic mass is 9.78. The normalized spacial score (nSPS) is 34.3. The third kappa shape index (κ3) is 7.43. The SMILES string of the molecule is CCN1CC[C@H](C2(NC(=O)N[C@H]3CCCCCCCC[C@@H](C(=O)C(=O)NC4CC4)NC(=O)[C@@H]4[C@@H]5[C@H](CN4C3=O)C5(C)C)CCCCC2)S1(=O)=O. The average Bonchev–Trinajstić information content (AvgIpc) is 3.87. The lowest BCUT2D eigenvalue weighted by molar-refractivity contribution is -0.144. The minimum atomic E-state index is -3.59. The number of carbonyl (C=O) groups excluding carboxylic acids is 5. The molecule has 3 heterocycles. The van der Waals surface area contributed by atoms with E-state index in [0.717, 1.165) is 57.8 Å². The second-order valence-corrected chi connectivity index (χ2v) is 18.6. The number of carbonyl (C=O) groups is 5. The van der Waals surface area contributed by atoms with Crippen LogP contribution in [0.4, 0.5) is 4.79 Å². The van der Waals surface area contributed by atoms with Crippen molar-refractivity contribution in [3.8, 4) is 0 Å². The Labute approximate surface area is 297 Å². The lowest BCUT2D eigenvalue weighted by Gasteiger charge is -2.42. The van der Waals surface area contributed by atoms with Gasteiger partial charge in [0.05, 0.1) is 16.8 Å². The van der Waals surface area contributed by atoms with E-state index in [4.69, 9.17) is 0 Å². The van der Waals surface area contributed by atoms with E-state index >= 15 is 0 Å². The Morgan fingerprint density at radius 3 is 2.14 bits per heavy atom. The molecule has 0 aromatic heterocycles. The molecule has 4 N–H and O–H groups in total. The Balaban J connectivity index is 1.22. The molecule has 0 bridgehead atoms. The van der Waals surface area contributed by atoms with Crippen LogP contribution in [0.3, 0.4) is 0 Å². The topological polar surface area (TPSA) is 174 Å². The van der Waals surface area contributed by atoms with Crippen LogP contribution in [0, 0.1) is 17.3 Å². The van der Waals surface area contributed by atoms with Gasteiger partial charge in [0, 0.05) is 25.7 Å². The minimum Gasteiger partial charge on any atom is -0.347 e. The molecular weight excluding hydrogens is 660 g/mol. The third-order valence-corrected chi connectivity index (χ3v) is 15.4. The first-order valence-corrected chi connectivity index (χ1v) is 20.8. The molecule has 0 radical (unpaired) electrons. The maximum absolute atomic E-state index is 14.5. The molecule has 0 aromatic carbocycles. The molecule has 3 saturated carbocycles. The molecule has 6 rings (SSSR count). The van der Waals surface area contributed by atoms with Gasteiger partial charge in [-0.05, 0) is 62.2 Å². The van der Waals surface area contributed by atoms with Crippen LogP contribution in [-0.2, 0) is 29.2 Å². The van der Waals surface area contributed by atoms with Gasteiger partial charge in [-0.1, -0.05) is 78.6 Å². The first-order chi connectivity index (χ1) is 23.8. The zero-order chi connectivity index (χ0) is 35.8. The summed E-state index contributed by atoms with van der Waals surface area (Å²) in [5.74, 6) is -2.08. The summed E-state index contributed by atoms with van der Waals surface area (Å²) < 4.78 is 28.6. The molecule has 0 spiro atoms. The number of nitrogens with one attached hydrogen (secondary N) is 4. The Morgan fingerprint density at radius 1 is 0.860 bits per heavy atom. The molecule has 3 saturated heterocycles. The van der Waals surface area contributed by atoms with Crippen molar-refractivity contribution in [3.05, 3.63) is 0 Å². The molecular formula is C36H58N6O7S. The maximum atomic E-state index is 14.5. The van der Waals surface area contributed by atoms with Crippen molar-refractivity contribution < 1.29 is 32.4 Å². The second kappa shape index (κ2) is 14.7. The molecule has 0 unspecified atom stereocenters. The molecule has 3 aliphatic heterocycles. The molecule has 5 amide bonds. The van der Waals surface area contributed by atoms with Crippen molar-refractivity contribution in [1.82, 2.24) is 30.5 Å². The van der Waals surface area contributed by atoms with Gasteiger partial charge in [0.2, 0.25) is 27.6 Å². The predicted molar refractivity (Wildman–Crippen MR) is 187 cm³/mol. The monoisotopic (exact) mass is 718 g/mol. The highest BCUT2D eigenvalue weighted by Crippen LogP contribution is 2.65. The summed E-state index contributed by atoms with van der Waals surface area (Å²) in [6.07, 6.45) is 11.6. The van der Waals surface area contributed by atoms with Crippen LogP contribution < -0.4 is 21.3 Å². The van der Waals surface area contributed by atoms with E-state index in [1.54, 1.807) is 4.90 Å². The van der Waals surface area contributed by atoms with Gasteiger partial charge in [0.25, 0.3) is 5.91 Å². The van der Waals surface area contributed by atoms with Crippen LogP contribution in [0.2, 0.25) is 0 Å². The highest BCUT2D eigenvalue weighted by atomic mass is 32.2. The Hall–Kier alpha value is -2.74. The molecule has 6 aliphatic rings. The van der Waals surface area contributed by atoms with Crippen molar-refractivity contribution in [1.29, 1.82) is 0 Å². The summed E-state index contributed by atoms with van der Waals surface area (Å²) in [5, 5.41) is 11.0. The largest absolute Gasteiger partial charge is 0.347 e. The molecule has 13 nitrogen and oxygen atoms in total. The summed E-state index contributed by atoms with van der Waals surface area (Å²) >= 11 is 0. The molecule has 6 atom stereocenters. The fourth-order valence-corrected chi connectivity index (χ4v) is 11.9. The van der Waals surface area contributed by atoms with Crippen LogP contribution in [0.5, 0.6) is 0 Å². The number of amides is 5. The number of Topliss-reactive ketones (excluding diaryl/α,β-unsaturated/α-hetero) is 1. The standard InChI is InChI=1S/C36H58N6O7S/c1-4-41-21-18-27(50(41,48)49)36(19-12-9-13-20-36)40-34(47)39-26-15-11-8-6-5-7-10-14-25(30(43)32(45)37-23-16-17-23)38-31(44)29-28-24(35(28,2)3)22-42(29)33(26)46/h23-29H,4-22H2,1-3H3,(H,37,45)(H,38,44)(H2,39,40,47)/t24-,25-,26-,27+,28-,29-/m0/s1. The van der Waals surface area contributed by atoms with Gasteiger partial charge >= 0.3 is 6.03 Å². The molecule has 50 heavy (non-hydrogen) atoms. The van der Waals surface area contributed by atoms with E-state index in [9.17, 15) is 32.4 Å². The smallest absolute Gasteiger partial charge is 0.315 e. The first kappa shape index (κ1) is 37.0. The van der Waals surface area contributed by atoms with Crippen molar-refractivity contribution in [2.75, 3.05) is 19.6 Å². The van der Waals surface area contributed by atoms with Crippen LogP contribution >= 0.6 is 0 Å². The number of piperidine rings is 1. The van der Waals surface area contributed by atoms with E-state index in [0.29, 0.717) is 64.6 Å². The molecule has 280 valence electrons. The third-order valence-electron chi connectivity index (χ3n) is 12.8. The van der Waals surface area contributed by atoms with Crippen molar-refractivity contribution in [2.24, 2.45) is 17.3 Å². The van der Waals surface area contributed by atoms with Gasteiger partial charge in [-0.2, -0.15) is 0 Å². The Morgan fingerprint density at radius 2 is 1.50 bits per heavy atom. The van der Waals surface area contributed by atoms with Crippen LogP contribution in [0.25, 0.3) is 0 Å². The molecule has 0 aromatic rings. The van der Waals surface area contributed by atoms with Crippen molar-refractivity contribution >= 4 is 39.6 Å². The van der Waals surface area contributed by atoms with Crippen molar-refractivity contribution in [3.63, 3.8) is 0 Å². The van der Waals surface area contributed by atoms with Gasteiger partial charge in [-0.3, -0.25) is 19.2 Å². The number of sulfonamides is 1. The Bertz CT molecular complexity index is 1440. The van der Waals surface area contributed by atoms with Crippen LogP contribution in [0.15, 0.2) is 0 Å². The maximum Gasteiger partial charge on any atom is 0.315 e. The first-order valence-electron chi connectivity index (χ1n) is 19.3. The number of rotatable bonds is 7. The summed E-state index contributed by atoms with van der Waals surface area (Å²) in [7, 11) is -3.59. The number of urea groups is 1. The quantitative estimate of drug-likeness (QED) is 0.293. The zero-order valence-electron chi connectivity index (χ0n) is 30.1. The summed E-state index contributed by atoms with van der Waals surface area (Å²) in [6.45, 7) is 7.19. The molecule has 3 aliphatic carbocycles. The van der Waals surface area contributed by atoms with E-state index in [1.165, 1.54) is 4.31 Å². The Kier molecular flexibility index (Phi) is 10.9. The number of hydrogen-bond donors (Lipinski definition) is 4. The lowest BCUT2D eigenvalue weighted by Crippen LogP contribution is -2.64. The molecule has 6 fully saturated rings. The van der Waals surface area contributed by atoms with E-state index in [1.807, 2.05) is 6.92 Å². The number of nitrogens with zero attached hydrogens (tertiary/aromatic N) is 2. The van der Waals surface area contributed by atoms with Crippen molar-refractivity contribution in [2.45, 2.75) is 158 Å².